The number of aliphatic carboxylic acids is 1. The molecule has 2 aromatic rings. The van der Waals surface area contributed by atoms with Crippen LogP contribution >= 0.6 is 46.9 Å². The van der Waals surface area contributed by atoms with Crippen LogP contribution in [0.1, 0.15) is 0 Å². The number of carboxylic acids is 1. The highest BCUT2D eigenvalue weighted by Gasteiger charge is 2.54. The average molecular weight is 511 g/mol. The lowest BCUT2D eigenvalue weighted by atomic mass is 10.0. The molecule has 4 rings (SSSR count). The summed E-state index contributed by atoms with van der Waals surface area (Å²) in [6.07, 6.45) is 7.56. The maximum atomic E-state index is 12.7. The zero-order valence-electron chi connectivity index (χ0n) is 16.2. The van der Waals surface area contributed by atoms with E-state index in [9.17, 15) is 19.5 Å². The first kappa shape index (κ1) is 22.8. The standard InChI is InChI=1S/C18H15ClN6O4S3/c19-10-3-21-5-13(23-10)30-6-9-7-32-17-14(16(27)25(17)15(9)18(28)29)24-11(26)8-31-12-4-20-1-2-22-12/h1-5,14,17H,6-8H2,(H,24,26)(H,28,29)/t14?,17-/m1/s1. The van der Waals surface area contributed by atoms with Gasteiger partial charge in [-0.2, -0.15) is 0 Å². The third kappa shape index (κ3) is 5.00. The van der Waals surface area contributed by atoms with Crippen molar-refractivity contribution < 1.29 is 19.5 Å². The molecule has 1 fully saturated rings. The van der Waals surface area contributed by atoms with Gasteiger partial charge < -0.3 is 10.4 Å². The van der Waals surface area contributed by atoms with Gasteiger partial charge in [0.1, 0.15) is 32.3 Å². The summed E-state index contributed by atoms with van der Waals surface area (Å²) in [5.41, 5.74) is 0.558. The Labute approximate surface area is 200 Å². The molecule has 0 bridgehead atoms. The second kappa shape index (κ2) is 10.1. The SMILES string of the molecule is O=C(CSc1cnccn1)NC1C(=O)N2C(C(=O)O)=C(CSc3cncc(Cl)n3)CS[C@H]12. The zero-order valence-corrected chi connectivity index (χ0v) is 19.4. The molecule has 14 heteroatoms. The number of β-lactam (4-membered cyclic amide) rings is 1. The summed E-state index contributed by atoms with van der Waals surface area (Å²) < 4.78 is 0. The molecule has 166 valence electrons. The molecule has 2 N–H and O–H groups in total. The molecule has 0 spiro atoms. The van der Waals surface area contributed by atoms with Gasteiger partial charge in [-0.25, -0.2) is 14.8 Å². The first-order valence-corrected chi connectivity index (χ1v) is 12.5. The molecule has 0 aliphatic carbocycles. The number of nitrogens with one attached hydrogen (secondary N) is 1. The van der Waals surface area contributed by atoms with Gasteiger partial charge in [0, 0.05) is 23.9 Å². The van der Waals surface area contributed by atoms with Gasteiger partial charge in [0.25, 0.3) is 5.91 Å². The van der Waals surface area contributed by atoms with Gasteiger partial charge >= 0.3 is 5.97 Å². The Balaban J connectivity index is 1.39. The molecule has 2 amide bonds. The Hall–Kier alpha value is -2.35. The second-order valence-corrected chi connectivity index (χ2v) is 10.00. The molecule has 0 radical (unpaired) electrons. The van der Waals surface area contributed by atoms with E-state index in [1.807, 2.05) is 0 Å². The minimum absolute atomic E-state index is 0.0410. The first-order valence-electron chi connectivity index (χ1n) is 9.12. The van der Waals surface area contributed by atoms with E-state index in [4.69, 9.17) is 11.6 Å². The van der Waals surface area contributed by atoms with Crippen LogP contribution in [0.25, 0.3) is 0 Å². The average Bonchev–Trinajstić information content (AvgIpc) is 2.79. The topological polar surface area (TPSA) is 138 Å². The third-order valence-corrected chi connectivity index (χ3v) is 7.85. The number of carboxylic acid groups (broad SMARTS) is 1. The monoisotopic (exact) mass is 510 g/mol. The van der Waals surface area contributed by atoms with Crippen LogP contribution < -0.4 is 5.32 Å². The molecule has 32 heavy (non-hydrogen) atoms. The third-order valence-electron chi connectivity index (χ3n) is 4.43. The van der Waals surface area contributed by atoms with E-state index in [0.29, 0.717) is 27.1 Å². The molecule has 0 aromatic carbocycles. The highest BCUT2D eigenvalue weighted by molar-refractivity contribution is 8.01. The van der Waals surface area contributed by atoms with Crippen molar-refractivity contribution in [2.75, 3.05) is 17.3 Å². The number of amides is 2. The van der Waals surface area contributed by atoms with Crippen molar-refractivity contribution in [1.82, 2.24) is 30.2 Å². The number of carbonyl (C=O) groups excluding carboxylic acids is 2. The molecule has 1 saturated heterocycles. The van der Waals surface area contributed by atoms with Crippen molar-refractivity contribution in [3.8, 4) is 0 Å². The fourth-order valence-electron chi connectivity index (χ4n) is 3.07. The molecule has 2 aliphatic heterocycles. The van der Waals surface area contributed by atoms with Gasteiger partial charge in [-0.3, -0.25) is 24.5 Å². The van der Waals surface area contributed by atoms with E-state index in [0.717, 1.165) is 0 Å². The largest absolute Gasteiger partial charge is 0.477 e. The number of rotatable bonds is 8. The Morgan fingerprint density at radius 2 is 2.03 bits per heavy atom. The fraction of sp³-hybridized carbons (Fsp3) is 0.278. The fourth-order valence-corrected chi connectivity index (χ4v) is 6.23. The van der Waals surface area contributed by atoms with Crippen molar-refractivity contribution in [3.05, 3.63) is 47.4 Å². The van der Waals surface area contributed by atoms with Crippen molar-refractivity contribution in [1.29, 1.82) is 0 Å². The van der Waals surface area contributed by atoms with E-state index in [-0.39, 0.29) is 22.5 Å². The minimum atomic E-state index is -1.18. The molecular weight excluding hydrogens is 496 g/mol. The normalized spacial score (nSPS) is 19.9. The summed E-state index contributed by atoms with van der Waals surface area (Å²) in [7, 11) is 0. The number of carbonyl (C=O) groups is 3. The molecular formula is C18H15ClN6O4S3. The van der Waals surface area contributed by atoms with E-state index < -0.39 is 23.3 Å². The van der Waals surface area contributed by atoms with E-state index in [2.05, 4.69) is 25.3 Å². The van der Waals surface area contributed by atoms with Gasteiger partial charge in [0.2, 0.25) is 5.91 Å². The van der Waals surface area contributed by atoms with Crippen LogP contribution in [0.3, 0.4) is 0 Å². The zero-order chi connectivity index (χ0) is 22.7. The van der Waals surface area contributed by atoms with E-state index >= 15 is 0 Å². The molecule has 2 aromatic heterocycles. The summed E-state index contributed by atoms with van der Waals surface area (Å²) in [4.78, 5) is 54.3. The predicted octanol–water partition coefficient (Wildman–Crippen LogP) is 1.54. The van der Waals surface area contributed by atoms with Crippen LogP contribution in [0.15, 0.2) is 52.3 Å². The van der Waals surface area contributed by atoms with Crippen molar-refractivity contribution in [3.63, 3.8) is 0 Å². The van der Waals surface area contributed by atoms with Crippen LogP contribution in [0, 0.1) is 0 Å². The molecule has 1 unspecified atom stereocenters. The van der Waals surface area contributed by atoms with Crippen LogP contribution in [0.2, 0.25) is 5.15 Å². The Morgan fingerprint density at radius 1 is 1.22 bits per heavy atom. The predicted molar refractivity (Wildman–Crippen MR) is 120 cm³/mol. The number of aromatic nitrogens is 4. The maximum absolute atomic E-state index is 12.7. The summed E-state index contributed by atoms with van der Waals surface area (Å²) in [6.45, 7) is 0. The number of hydrogen-bond donors (Lipinski definition) is 2. The number of thioether (sulfide) groups is 3. The van der Waals surface area contributed by atoms with Gasteiger partial charge in [0.05, 0.1) is 24.3 Å². The quantitative estimate of drug-likeness (QED) is 0.395. The van der Waals surface area contributed by atoms with E-state index in [1.165, 1.54) is 65.0 Å². The Morgan fingerprint density at radius 3 is 2.75 bits per heavy atom. The molecule has 4 heterocycles. The summed E-state index contributed by atoms with van der Waals surface area (Å²) in [5, 5.41) is 13.4. The molecule has 2 atom stereocenters. The van der Waals surface area contributed by atoms with Gasteiger partial charge in [0.15, 0.2) is 0 Å². The number of fused-ring (bicyclic) bond motifs is 1. The Kier molecular flexibility index (Phi) is 7.18. The van der Waals surface area contributed by atoms with Gasteiger partial charge in [-0.1, -0.05) is 23.4 Å². The molecule has 2 aliphatic rings. The number of nitrogens with zero attached hydrogens (tertiary/aromatic N) is 5. The first-order chi connectivity index (χ1) is 15.4. The highest BCUT2D eigenvalue weighted by atomic mass is 35.5. The molecule has 0 saturated carbocycles. The minimum Gasteiger partial charge on any atom is -0.477 e. The molecule has 10 nitrogen and oxygen atoms in total. The van der Waals surface area contributed by atoms with Crippen molar-refractivity contribution in [2.24, 2.45) is 0 Å². The van der Waals surface area contributed by atoms with Crippen LogP contribution in [0.5, 0.6) is 0 Å². The lowest BCUT2D eigenvalue weighted by Crippen LogP contribution is -2.70. The highest BCUT2D eigenvalue weighted by Crippen LogP contribution is 2.41. The summed E-state index contributed by atoms with van der Waals surface area (Å²) in [5.74, 6) is -1.14. The van der Waals surface area contributed by atoms with Gasteiger partial charge in [-0.05, 0) is 5.57 Å². The van der Waals surface area contributed by atoms with E-state index in [1.54, 1.807) is 6.20 Å². The number of halogens is 1. The summed E-state index contributed by atoms with van der Waals surface area (Å²) in [6, 6.07) is -0.766. The van der Waals surface area contributed by atoms with Crippen molar-refractivity contribution >= 4 is 64.7 Å². The maximum Gasteiger partial charge on any atom is 0.352 e. The Bertz CT molecular complexity index is 1090. The lowest BCUT2D eigenvalue weighted by Gasteiger charge is -2.49. The van der Waals surface area contributed by atoms with Gasteiger partial charge in [-0.15, -0.1) is 23.5 Å². The van der Waals surface area contributed by atoms with Crippen LogP contribution in [0.4, 0.5) is 0 Å². The van der Waals surface area contributed by atoms with Crippen LogP contribution in [-0.4, -0.2) is 76.4 Å². The second-order valence-electron chi connectivity index (χ2n) is 6.51. The smallest absolute Gasteiger partial charge is 0.352 e. The van der Waals surface area contributed by atoms with Crippen LogP contribution in [-0.2, 0) is 14.4 Å². The summed E-state index contributed by atoms with van der Waals surface area (Å²) >= 11 is 9.75. The van der Waals surface area contributed by atoms with Crippen molar-refractivity contribution in [2.45, 2.75) is 21.5 Å². The lowest BCUT2D eigenvalue weighted by molar-refractivity contribution is -0.150. The number of hydrogen-bond acceptors (Lipinski definition) is 10.